The van der Waals surface area contributed by atoms with Gasteiger partial charge in [0, 0.05) is 22.8 Å². The molecule has 3 heterocycles. The van der Waals surface area contributed by atoms with Crippen molar-refractivity contribution in [2.75, 3.05) is 23.0 Å². The Morgan fingerprint density at radius 3 is 2.68 bits per heavy atom. The van der Waals surface area contributed by atoms with Gasteiger partial charge in [-0.2, -0.15) is 0 Å². The van der Waals surface area contributed by atoms with E-state index in [1.165, 1.54) is 18.4 Å². The second-order valence-electron chi connectivity index (χ2n) is 6.90. The zero-order valence-corrected chi connectivity index (χ0v) is 19.8. The molecule has 3 aromatic rings. The van der Waals surface area contributed by atoms with E-state index in [2.05, 4.69) is 15.0 Å². The van der Waals surface area contributed by atoms with E-state index in [0.717, 1.165) is 22.5 Å². The largest absolute Gasteiger partial charge is 0.494 e. The molecule has 0 unspecified atom stereocenters. The highest BCUT2D eigenvalue weighted by atomic mass is 35.5. The van der Waals surface area contributed by atoms with E-state index in [1.54, 1.807) is 24.4 Å². The molecule has 1 fully saturated rings. The molecule has 2 atom stereocenters. The minimum atomic E-state index is -3.45. The van der Waals surface area contributed by atoms with Gasteiger partial charge >= 0.3 is 0 Å². The molecule has 2 aromatic heterocycles. The lowest BCUT2D eigenvalue weighted by Gasteiger charge is -2.27. The summed E-state index contributed by atoms with van der Waals surface area (Å²) < 4.78 is 31.9. The van der Waals surface area contributed by atoms with Crippen molar-refractivity contribution in [1.82, 2.24) is 10.3 Å². The maximum atomic E-state index is 11.7. The second-order valence-corrected chi connectivity index (χ2v) is 10.8. The van der Waals surface area contributed by atoms with E-state index in [4.69, 9.17) is 28.6 Å². The summed E-state index contributed by atoms with van der Waals surface area (Å²) in [5, 5.41) is 3.90. The van der Waals surface area contributed by atoms with E-state index in [1.807, 2.05) is 35.2 Å². The molecular formula is C20H19ClN4O3S3. The summed E-state index contributed by atoms with van der Waals surface area (Å²) >= 11 is 13.4. The Morgan fingerprint density at radius 2 is 2.06 bits per heavy atom. The normalized spacial score (nSPS) is 18.7. The average Bonchev–Trinajstić information content (AvgIpc) is 3.30. The Labute approximate surface area is 195 Å². The molecule has 11 heteroatoms. The summed E-state index contributed by atoms with van der Waals surface area (Å²) in [5.74, 6) is 0.384. The zero-order chi connectivity index (χ0) is 22.2. The number of anilines is 2. The first-order chi connectivity index (χ1) is 14.8. The molecular weight excluding hydrogens is 476 g/mol. The predicted molar refractivity (Wildman–Crippen MR) is 129 cm³/mol. The number of thiophene rings is 1. The highest BCUT2D eigenvalue weighted by Gasteiger charge is 2.41. The van der Waals surface area contributed by atoms with E-state index >= 15 is 0 Å². The molecule has 0 bridgehead atoms. The number of thiocarbonyl (C=S) groups is 1. The van der Waals surface area contributed by atoms with Crippen molar-refractivity contribution in [3.8, 4) is 5.75 Å². The number of halogens is 1. The molecule has 0 saturated carbocycles. The molecule has 2 N–H and O–H groups in total. The maximum absolute atomic E-state index is 11.7. The number of benzene rings is 1. The summed E-state index contributed by atoms with van der Waals surface area (Å²) in [6.07, 6.45) is 2.84. The molecule has 0 radical (unpaired) electrons. The van der Waals surface area contributed by atoms with Crippen LogP contribution in [-0.2, 0) is 10.0 Å². The lowest BCUT2D eigenvalue weighted by atomic mass is 10.0. The monoisotopic (exact) mass is 494 g/mol. The molecule has 0 spiro atoms. The first-order valence-electron chi connectivity index (χ1n) is 9.18. The van der Waals surface area contributed by atoms with E-state index in [9.17, 15) is 8.42 Å². The molecule has 1 aliphatic heterocycles. The lowest BCUT2D eigenvalue weighted by Crippen LogP contribution is -2.29. The van der Waals surface area contributed by atoms with Crippen LogP contribution in [0.25, 0.3) is 0 Å². The van der Waals surface area contributed by atoms with Crippen molar-refractivity contribution in [2.24, 2.45) is 0 Å². The molecule has 1 aliphatic rings. The van der Waals surface area contributed by atoms with Gasteiger partial charge in [-0.3, -0.25) is 9.71 Å². The third-order valence-electron chi connectivity index (χ3n) is 4.74. The SMILES string of the molecule is COc1cc(N2C(=S)N[C@@H](c3ccccn3)[C@@H]2c2ccc(Cl)s2)ccc1NS(C)(=O)=O. The minimum absolute atomic E-state index is 0.191. The van der Waals surface area contributed by atoms with Crippen molar-refractivity contribution in [3.63, 3.8) is 0 Å². The van der Waals surface area contributed by atoms with Crippen molar-refractivity contribution in [1.29, 1.82) is 0 Å². The van der Waals surface area contributed by atoms with Crippen LogP contribution < -0.4 is 19.7 Å². The van der Waals surface area contributed by atoms with Gasteiger partial charge in [-0.25, -0.2) is 8.42 Å². The predicted octanol–water partition coefficient (Wildman–Crippen LogP) is 4.35. The lowest BCUT2D eigenvalue weighted by molar-refractivity contribution is 0.417. The van der Waals surface area contributed by atoms with Gasteiger partial charge in [0.2, 0.25) is 10.0 Å². The van der Waals surface area contributed by atoms with Crippen LogP contribution in [0, 0.1) is 0 Å². The fourth-order valence-corrected chi connectivity index (χ4v) is 5.63. The minimum Gasteiger partial charge on any atom is -0.494 e. The molecule has 1 aromatic carbocycles. The van der Waals surface area contributed by atoms with Crippen molar-refractivity contribution >= 4 is 61.7 Å². The molecule has 4 rings (SSSR count). The Hall–Kier alpha value is -2.40. The molecule has 1 saturated heterocycles. The quantitative estimate of drug-likeness (QED) is 0.493. The molecule has 162 valence electrons. The summed E-state index contributed by atoms with van der Waals surface area (Å²) in [4.78, 5) is 7.51. The van der Waals surface area contributed by atoms with E-state index in [-0.39, 0.29) is 12.1 Å². The number of nitrogens with zero attached hydrogens (tertiary/aromatic N) is 2. The smallest absolute Gasteiger partial charge is 0.229 e. The van der Waals surface area contributed by atoms with Crippen LogP contribution in [-0.4, -0.2) is 31.9 Å². The third-order valence-corrected chi connectivity index (χ3v) is 6.95. The van der Waals surface area contributed by atoms with Crippen LogP contribution in [0.4, 0.5) is 11.4 Å². The number of hydrogen-bond acceptors (Lipinski definition) is 6. The van der Waals surface area contributed by atoms with Gasteiger partial charge in [-0.1, -0.05) is 17.7 Å². The summed E-state index contributed by atoms with van der Waals surface area (Å²) in [7, 11) is -1.96. The Morgan fingerprint density at radius 1 is 1.26 bits per heavy atom. The Kier molecular flexibility index (Phi) is 6.07. The number of aromatic nitrogens is 1. The van der Waals surface area contributed by atoms with Crippen LogP contribution in [0.1, 0.15) is 22.7 Å². The van der Waals surface area contributed by atoms with Gasteiger partial charge in [0.05, 0.1) is 41.2 Å². The number of sulfonamides is 1. The molecule has 31 heavy (non-hydrogen) atoms. The number of methoxy groups -OCH3 is 1. The van der Waals surface area contributed by atoms with E-state index in [0.29, 0.717) is 20.9 Å². The summed E-state index contributed by atoms with van der Waals surface area (Å²) in [6.45, 7) is 0. The van der Waals surface area contributed by atoms with Gasteiger partial charge in [0.25, 0.3) is 0 Å². The Balaban J connectivity index is 1.79. The standard InChI is InChI=1S/C20H19ClN4O3S3/c1-28-15-11-12(6-7-13(15)24-31(2,26)27)25-19(16-8-9-17(21)30-16)18(23-20(25)29)14-5-3-4-10-22-14/h3-11,18-19,24H,1-2H3,(H,23,29)/t18-,19-/m0/s1. The topological polar surface area (TPSA) is 83.6 Å². The Bertz CT molecular complexity index is 1220. The van der Waals surface area contributed by atoms with Gasteiger partial charge in [-0.05, 0) is 48.6 Å². The molecule has 0 aliphatic carbocycles. The van der Waals surface area contributed by atoms with Gasteiger partial charge in [-0.15, -0.1) is 11.3 Å². The summed E-state index contributed by atoms with van der Waals surface area (Å²) in [6, 6.07) is 14.4. The number of ether oxygens (including phenoxy) is 1. The van der Waals surface area contributed by atoms with Crippen LogP contribution in [0.15, 0.2) is 54.7 Å². The van der Waals surface area contributed by atoms with Crippen molar-refractivity contribution in [3.05, 3.63) is 69.6 Å². The number of nitrogens with one attached hydrogen (secondary N) is 2. The van der Waals surface area contributed by atoms with Gasteiger partial charge in [0.15, 0.2) is 5.11 Å². The molecule has 7 nitrogen and oxygen atoms in total. The van der Waals surface area contributed by atoms with Crippen molar-refractivity contribution < 1.29 is 13.2 Å². The highest BCUT2D eigenvalue weighted by Crippen LogP contribution is 2.45. The average molecular weight is 495 g/mol. The number of hydrogen-bond donors (Lipinski definition) is 2. The van der Waals surface area contributed by atoms with Crippen LogP contribution in [0.2, 0.25) is 4.34 Å². The zero-order valence-electron chi connectivity index (χ0n) is 16.6. The fraction of sp³-hybridized carbons (Fsp3) is 0.200. The van der Waals surface area contributed by atoms with E-state index < -0.39 is 10.0 Å². The first-order valence-corrected chi connectivity index (χ1v) is 12.7. The second kappa shape index (κ2) is 8.62. The van der Waals surface area contributed by atoms with Crippen molar-refractivity contribution in [2.45, 2.75) is 12.1 Å². The number of rotatable bonds is 6. The third kappa shape index (κ3) is 4.62. The van der Waals surface area contributed by atoms with Crippen LogP contribution in [0.5, 0.6) is 5.75 Å². The first kappa shape index (κ1) is 21.8. The maximum Gasteiger partial charge on any atom is 0.229 e. The summed E-state index contributed by atoms with van der Waals surface area (Å²) in [5.41, 5.74) is 1.95. The van der Waals surface area contributed by atoms with Crippen LogP contribution >= 0.6 is 35.2 Å². The van der Waals surface area contributed by atoms with Gasteiger partial charge < -0.3 is 15.0 Å². The highest BCUT2D eigenvalue weighted by molar-refractivity contribution is 7.92. The fourth-order valence-electron chi connectivity index (χ4n) is 3.52. The molecule has 0 amide bonds. The van der Waals surface area contributed by atoms with Crippen LogP contribution in [0.3, 0.4) is 0 Å². The van der Waals surface area contributed by atoms with Gasteiger partial charge in [0.1, 0.15) is 5.75 Å². The number of pyridine rings is 1.